The van der Waals surface area contributed by atoms with Crippen molar-refractivity contribution in [1.29, 1.82) is 0 Å². The van der Waals surface area contributed by atoms with E-state index in [2.05, 4.69) is 5.32 Å². The summed E-state index contributed by atoms with van der Waals surface area (Å²) in [5.74, 6) is -1.72. The van der Waals surface area contributed by atoms with E-state index in [9.17, 15) is 22.4 Å². The lowest BCUT2D eigenvalue weighted by atomic mass is 10.1. The topological polar surface area (TPSA) is 90.0 Å². The Morgan fingerprint density at radius 1 is 1.00 bits per heavy atom. The van der Waals surface area contributed by atoms with Crippen LogP contribution in [0.4, 0.5) is 10.1 Å². The van der Waals surface area contributed by atoms with Gasteiger partial charge < -0.3 is 10.2 Å². The van der Waals surface area contributed by atoms with Gasteiger partial charge in [-0.3, -0.25) is 9.59 Å². The molecule has 8 nitrogen and oxygen atoms in total. The maximum atomic E-state index is 14.6. The number of carbonyl (C=O) groups excluding carboxylic acids is 2. The summed E-state index contributed by atoms with van der Waals surface area (Å²) >= 11 is 0. The van der Waals surface area contributed by atoms with Crippen molar-refractivity contribution in [2.45, 2.75) is 45.7 Å². The molecule has 0 bridgehead atoms. The lowest BCUT2D eigenvalue weighted by molar-refractivity contribution is -0.139. The maximum Gasteiger partial charge on any atom is 0.304 e. The van der Waals surface area contributed by atoms with Crippen LogP contribution in [0, 0.1) is 5.82 Å². The molecule has 2 aromatic carbocycles. The molecule has 1 N–H and O–H groups in total. The fourth-order valence-electron chi connectivity index (χ4n) is 3.39. The second-order valence-corrected chi connectivity index (χ2v) is 10.6. The summed E-state index contributed by atoms with van der Waals surface area (Å²) in [6.45, 7) is 4.94. The molecule has 0 fully saturated rings. The van der Waals surface area contributed by atoms with E-state index in [-0.39, 0.29) is 24.2 Å². The van der Waals surface area contributed by atoms with Gasteiger partial charge in [0.05, 0.1) is 5.69 Å². The molecule has 0 unspecified atom stereocenters. The Morgan fingerprint density at radius 3 is 2.17 bits per heavy atom. The van der Waals surface area contributed by atoms with Crippen LogP contribution in [0.15, 0.2) is 54.6 Å². The molecule has 10 heteroatoms. The number of nitrogens with zero attached hydrogens (tertiary/aromatic N) is 3. The number of carbonyl (C=O) groups is 2. The van der Waals surface area contributed by atoms with Crippen LogP contribution >= 0.6 is 0 Å². The highest BCUT2D eigenvalue weighted by Crippen LogP contribution is 2.23. The highest BCUT2D eigenvalue weighted by atomic mass is 32.2. The van der Waals surface area contributed by atoms with E-state index in [1.807, 2.05) is 44.2 Å². The van der Waals surface area contributed by atoms with Crippen LogP contribution in [-0.4, -0.2) is 68.7 Å². The molecule has 0 aromatic heterocycles. The van der Waals surface area contributed by atoms with Crippen molar-refractivity contribution in [2.24, 2.45) is 0 Å². The molecule has 2 amide bonds. The summed E-state index contributed by atoms with van der Waals surface area (Å²) in [6, 6.07) is 13.9. The first-order valence-corrected chi connectivity index (χ1v) is 13.0. The van der Waals surface area contributed by atoms with Gasteiger partial charge in [0.25, 0.3) is 0 Å². The number of halogens is 1. The van der Waals surface area contributed by atoms with Crippen LogP contribution < -0.4 is 9.62 Å². The fraction of sp³-hybridized carbons (Fsp3) is 0.440. The summed E-state index contributed by atoms with van der Waals surface area (Å²) in [5.41, 5.74) is 0.723. The zero-order chi connectivity index (χ0) is 26.2. The van der Waals surface area contributed by atoms with Gasteiger partial charge >= 0.3 is 10.2 Å². The summed E-state index contributed by atoms with van der Waals surface area (Å²) < 4.78 is 42.3. The van der Waals surface area contributed by atoms with E-state index in [4.69, 9.17) is 0 Å². The summed E-state index contributed by atoms with van der Waals surface area (Å²) in [5, 5.41) is 2.87. The predicted octanol–water partition coefficient (Wildman–Crippen LogP) is 2.81. The molecule has 2 aromatic rings. The average molecular weight is 507 g/mol. The molecule has 0 saturated carbocycles. The van der Waals surface area contributed by atoms with Crippen LogP contribution in [0.5, 0.6) is 0 Å². The smallest absolute Gasteiger partial charge is 0.304 e. The number of benzene rings is 2. The Kier molecular flexibility index (Phi) is 10.2. The quantitative estimate of drug-likeness (QED) is 0.479. The Labute approximate surface area is 207 Å². The Hall–Kier alpha value is -2.98. The molecular formula is C25H35FN4O4S. The van der Waals surface area contributed by atoms with E-state index in [0.717, 1.165) is 26.7 Å². The van der Waals surface area contributed by atoms with Crippen LogP contribution in [0.2, 0.25) is 0 Å². The minimum absolute atomic E-state index is 0.0833. The SMILES string of the molecule is CC[C@H](C)NC(=O)[C@H](C)N(CCc1ccccc1)C(=O)CN(c1ccccc1F)S(=O)(=O)N(C)C. The molecule has 0 aliphatic rings. The van der Waals surface area contributed by atoms with Gasteiger partial charge in [0.1, 0.15) is 18.4 Å². The number of para-hydroxylation sites is 1. The number of amides is 2. The van der Waals surface area contributed by atoms with Gasteiger partial charge in [-0.25, -0.2) is 8.70 Å². The van der Waals surface area contributed by atoms with Gasteiger partial charge in [0.2, 0.25) is 11.8 Å². The second-order valence-electron chi connectivity index (χ2n) is 8.56. The van der Waals surface area contributed by atoms with Gasteiger partial charge in [0.15, 0.2) is 0 Å². The molecule has 2 atom stereocenters. The van der Waals surface area contributed by atoms with E-state index in [1.54, 1.807) is 6.92 Å². The number of anilines is 1. The fourth-order valence-corrected chi connectivity index (χ4v) is 4.46. The largest absolute Gasteiger partial charge is 0.352 e. The predicted molar refractivity (Wildman–Crippen MR) is 136 cm³/mol. The van der Waals surface area contributed by atoms with Gasteiger partial charge in [-0.15, -0.1) is 0 Å². The Balaban J connectivity index is 2.39. The van der Waals surface area contributed by atoms with Crippen LogP contribution in [0.1, 0.15) is 32.8 Å². The molecular weight excluding hydrogens is 471 g/mol. The Morgan fingerprint density at radius 2 is 1.60 bits per heavy atom. The van der Waals surface area contributed by atoms with Crippen molar-refractivity contribution in [3.63, 3.8) is 0 Å². The molecule has 0 saturated heterocycles. The van der Waals surface area contributed by atoms with Gasteiger partial charge in [-0.05, 0) is 44.4 Å². The third-order valence-corrected chi connectivity index (χ3v) is 7.60. The first-order valence-electron chi connectivity index (χ1n) is 11.6. The third kappa shape index (κ3) is 7.50. The van der Waals surface area contributed by atoms with Gasteiger partial charge in [0, 0.05) is 26.7 Å². The molecule has 35 heavy (non-hydrogen) atoms. The van der Waals surface area contributed by atoms with Crippen LogP contribution in [-0.2, 0) is 26.2 Å². The lowest BCUT2D eigenvalue weighted by Gasteiger charge is -2.33. The summed E-state index contributed by atoms with van der Waals surface area (Å²) in [6.07, 6.45) is 1.19. The van der Waals surface area contributed by atoms with Crippen molar-refractivity contribution in [3.05, 3.63) is 66.0 Å². The zero-order valence-corrected chi connectivity index (χ0v) is 21.8. The van der Waals surface area contributed by atoms with Gasteiger partial charge in [-0.2, -0.15) is 12.7 Å². The van der Waals surface area contributed by atoms with E-state index < -0.39 is 34.5 Å². The molecule has 0 heterocycles. The molecule has 0 aliphatic heterocycles. The van der Waals surface area contributed by atoms with Crippen LogP contribution in [0.25, 0.3) is 0 Å². The van der Waals surface area contributed by atoms with Crippen molar-refractivity contribution < 1.29 is 22.4 Å². The number of rotatable bonds is 12. The molecule has 2 rings (SSSR count). The summed E-state index contributed by atoms with van der Waals surface area (Å²) in [4.78, 5) is 27.8. The number of hydrogen-bond acceptors (Lipinski definition) is 4. The summed E-state index contributed by atoms with van der Waals surface area (Å²) in [7, 11) is -1.58. The first kappa shape index (κ1) is 28.3. The normalized spacial score (nSPS) is 13.2. The standard InChI is InChI=1S/C25H35FN4O4S/c1-6-19(2)27-25(32)20(3)29(17-16-21-12-8-7-9-13-21)24(31)18-30(35(33,34)28(4)5)23-15-11-10-14-22(23)26/h7-15,19-20H,6,16-18H2,1-5H3,(H,27,32)/t19-,20-/m0/s1. The van der Waals surface area contributed by atoms with Crippen LogP contribution in [0.3, 0.4) is 0 Å². The van der Waals surface area contributed by atoms with Crippen molar-refractivity contribution in [2.75, 3.05) is 31.5 Å². The van der Waals surface area contributed by atoms with E-state index >= 15 is 0 Å². The minimum Gasteiger partial charge on any atom is -0.352 e. The highest BCUT2D eigenvalue weighted by molar-refractivity contribution is 7.90. The van der Waals surface area contributed by atoms with E-state index in [0.29, 0.717) is 6.42 Å². The van der Waals surface area contributed by atoms with Gasteiger partial charge in [-0.1, -0.05) is 49.4 Å². The third-order valence-electron chi connectivity index (χ3n) is 5.79. The first-order chi connectivity index (χ1) is 16.5. The second kappa shape index (κ2) is 12.6. The monoisotopic (exact) mass is 506 g/mol. The molecule has 192 valence electrons. The van der Waals surface area contributed by atoms with Crippen molar-refractivity contribution in [3.8, 4) is 0 Å². The number of nitrogens with one attached hydrogen (secondary N) is 1. The molecule has 0 radical (unpaired) electrons. The lowest BCUT2D eigenvalue weighted by Crippen LogP contribution is -2.54. The maximum absolute atomic E-state index is 14.6. The Bertz CT molecular complexity index is 1100. The number of hydrogen-bond donors (Lipinski definition) is 1. The average Bonchev–Trinajstić information content (AvgIpc) is 2.83. The zero-order valence-electron chi connectivity index (χ0n) is 20.9. The van der Waals surface area contributed by atoms with Crippen molar-refractivity contribution >= 4 is 27.7 Å². The van der Waals surface area contributed by atoms with E-state index in [1.165, 1.54) is 37.2 Å². The molecule has 0 spiro atoms. The minimum atomic E-state index is -4.20. The highest BCUT2D eigenvalue weighted by Gasteiger charge is 2.33. The molecule has 0 aliphatic carbocycles. The van der Waals surface area contributed by atoms with Crippen molar-refractivity contribution in [1.82, 2.24) is 14.5 Å².